The third-order valence-electron chi connectivity index (χ3n) is 3.52. The highest BCUT2D eigenvalue weighted by atomic mass is 16.2. The second kappa shape index (κ2) is 4.40. The van der Waals surface area contributed by atoms with E-state index in [4.69, 9.17) is 0 Å². The minimum Gasteiger partial charge on any atom is -0.372 e. The van der Waals surface area contributed by atoms with Gasteiger partial charge < -0.3 is 10.2 Å². The maximum Gasteiger partial charge on any atom is 0.249 e. The van der Waals surface area contributed by atoms with Crippen LogP contribution in [-0.2, 0) is 4.79 Å². The second-order valence-electron chi connectivity index (χ2n) is 4.64. The average Bonchev–Trinajstić information content (AvgIpc) is 2.31. The lowest BCUT2D eigenvalue weighted by atomic mass is 10.0. The van der Waals surface area contributed by atoms with Crippen molar-refractivity contribution >= 4 is 17.3 Å². The number of amides is 1. The Morgan fingerprint density at radius 1 is 1.24 bits per heavy atom. The molecule has 1 amide bonds. The lowest BCUT2D eigenvalue weighted by Crippen LogP contribution is -2.46. The summed E-state index contributed by atoms with van der Waals surface area (Å²) in [5.41, 5.74) is 4.59. The van der Waals surface area contributed by atoms with Crippen LogP contribution < -0.4 is 10.2 Å². The molecule has 0 fully saturated rings. The summed E-state index contributed by atoms with van der Waals surface area (Å²) in [6.45, 7) is 8.97. The predicted octanol–water partition coefficient (Wildman–Crippen LogP) is 2.86. The van der Waals surface area contributed by atoms with Gasteiger partial charge in [0.1, 0.15) is 6.04 Å². The van der Waals surface area contributed by atoms with Crippen molar-refractivity contribution < 1.29 is 4.79 Å². The van der Waals surface area contributed by atoms with E-state index in [0.717, 1.165) is 24.3 Å². The normalized spacial score (nSPS) is 18.9. The van der Waals surface area contributed by atoms with Crippen molar-refractivity contribution in [3.63, 3.8) is 0 Å². The molecule has 92 valence electrons. The Labute approximate surface area is 103 Å². The first kappa shape index (κ1) is 12.0. The smallest absolute Gasteiger partial charge is 0.249 e. The van der Waals surface area contributed by atoms with Crippen LogP contribution in [0.4, 0.5) is 11.4 Å². The molecule has 0 aliphatic carbocycles. The number of nitrogens with zero attached hydrogens (tertiary/aromatic N) is 1. The number of hydrogen-bond acceptors (Lipinski definition) is 2. The molecule has 3 heteroatoms. The van der Waals surface area contributed by atoms with Gasteiger partial charge in [0.2, 0.25) is 5.91 Å². The molecular weight excluding hydrogens is 212 g/mol. The van der Waals surface area contributed by atoms with Crippen molar-refractivity contribution in [2.24, 2.45) is 0 Å². The maximum atomic E-state index is 12.2. The number of hydrogen-bond donors (Lipinski definition) is 1. The van der Waals surface area contributed by atoms with Crippen molar-refractivity contribution in [2.45, 2.75) is 40.2 Å². The Morgan fingerprint density at radius 2 is 1.88 bits per heavy atom. The molecule has 1 unspecified atom stereocenters. The first-order valence-corrected chi connectivity index (χ1v) is 6.27. The minimum atomic E-state index is -0.0791. The Morgan fingerprint density at radius 3 is 2.47 bits per heavy atom. The third-order valence-corrected chi connectivity index (χ3v) is 3.52. The first-order valence-electron chi connectivity index (χ1n) is 6.27. The van der Waals surface area contributed by atoms with Gasteiger partial charge in [-0.15, -0.1) is 0 Å². The highest BCUT2D eigenvalue weighted by Gasteiger charge is 2.30. The molecule has 1 aromatic carbocycles. The molecule has 17 heavy (non-hydrogen) atoms. The number of likely N-dealkylation sites (N-methyl/N-ethyl adjacent to an activating group) is 1. The molecule has 0 radical (unpaired) electrons. The van der Waals surface area contributed by atoms with Crippen LogP contribution in [0.25, 0.3) is 0 Å². The zero-order valence-electron chi connectivity index (χ0n) is 11.0. The number of nitrogens with one attached hydrogen (secondary N) is 1. The van der Waals surface area contributed by atoms with Crippen LogP contribution in [0.2, 0.25) is 0 Å². The van der Waals surface area contributed by atoms with Gasteiger partial charge in [0.15, 0.2) is 0 Å². The molecule has 1 heterocycles. The summed E-state index contributed by atoms with van der Waals surface area (Å²) in [6.07, 6.45) is 0.821. The van der Waals surface area contributed by atoms with E-state index in [1.807, 2.05) is 18.7 Å². The van der Waals surface area contributed by atoms with E-state index in [0.29, 0.717) is 0 Å². The number of carbonyl (C=O) groups excluding carboxylic acids is 1. The van der Waals surface area contributed by atoms with Gasteiger partial charge in [0, 0.05) is 6.54 Å². The quantitative estimate of drug-likeness (QED) is 0.850. The minimum absolute atomic E-state index is 0.0791. The second-order valence-corrected chi connectivity index (χ2v) is 4.64. The number of carbonyl (C=O) groups is 1. The van der Waals surface area contributed by atoms with Gasteiger partial charge in [-0.1, -0.05) is 6.92 Å². The van der Waals surface area contributed by atoms with E-state index in [-0.39, 0.29) is 11.9 Å². The number of fused-ring (bicyclic) bond motifs is 1. The summed E-state index contributed by atoms with van der Waals surface area (Å²) in [7, 11) is 0. The van der Waals surface area contributed by atoms with Crippen molar-refractivity contribution in [1.29, 1.82) is 0 Å². The van der Waals surface area contributed by atoms with Crippen molar-refractivity contribution in [3.05, 3.63) is 23.3 Å². The van der Waals surface area contributed by atoms with Crippen LogP contribution >= 0.6 is 0 Å². The van der Waals surface area contributed by atoms with Crippen LogP contribution in [0.3, 0.4) is 0 Å². The van der Waals surface area contributed by atoms with E-state index < -0.39 is 0 Å². The molecule has 1 aliphatic rings. The van der Waals surface area contributed by atoms with Gasteiger partial charge in [-0.05, 0) is 50.5 Å². The molecule has 3 nitrogen and oxygen atoms in total. The fourth-order valence-electron chi connectivity index (χ4n) is 2.30. The zero-order valence-corrected chi connectivity index (χ0v) is 11.0. The number of anilines is 2. The summed E-state index contributed by atoms with van der Waals surface area (Å²) in [4.78, 5) is 14.1. The maximum absolute atomic E-state index is 12.2. The Hall–Kier alpha value is -1.51. The monoisotopic (exact) mass is 232 g/mol. The molecule has 0 bridgehead atoms. The number of benzene rings is 1. The van der Waals surface area contributed by atoms with Gasteiger partial charge in [-0.25, -0.2) is 0 Å². The van der Waals surface area contributed by atoms with Crippen LogP contribution in [0.1, 0.15) is 31.4 Å². The fourth-order valence-corrected chi connectivity index (χ4v) is 2.30. The Bertz CT molecular complexity index is 454. The molecule has 0 aromatic heterocycles. The third kappa shape index (κ3) is 1.90. The largest absolute Gasteiger partial charge is 0.372 e. The molecular formula is C14H20N2O. The lowest BCUT2D eigenvalue weighted by molar-refractivity contribution is -0.119. The summed E-state index contributed by atoms with van der Waals surface area (Å²) < 4.78 is 0. The Kier molecular flexibility index (Phi) is 3.09. The first-order chi connectivity index (χ1) is 8.08. The highest BCUT2D eigenvalue weighted by Crippen LogP contribution is 2.34. The fraction of sp³-hybridized carbons (Fsp3) is 0.500. The Balaban J connectivity index is 2.52. The summed E-state index contributed by atoms with van der Waals surface area (Å²) in [5.74, 6) is 0.186. The molecule has 2 rings (SSSR count). The van der Waals surface area contributed by atoms with Crippen molar-refractivity contribution in [1.82, 2.24) is 0 Å². The van der Waals surface area contributed by atoms with E-state index >= 15 is 0 Å². The summed E-state index contributed by atoms with van der Waals surface area (Å²) >= 11 is 0. The predicted molar refractivity (Wildman–Crippen MR) is 71.6 cm³/mol. The van der Waals surface area contributed by atoms with E-state index in [1.165, 1.54) is 11.1 Å². The molecule has 1 aromatic rings. The van der Waals surface area contributed by atoms with Crippen molar-refractivity contribution in [3.8, 4) is 0 Å². The highest BCUT2D eigenvalue weighted by molar-refractivity contribution is 6.05. The van der Waals surface area contributed by atoms with Crippen LogP contribution in [0.15, 0.2) is 12.1 Å². The van der Waals surface area contributed by atoms with E-state index in [1.54, 1.807) is 0 Å². The summed E-state index contributed by atoms with van der Waals surface area (Å²) in [5, 5.41) is 3.34. The van der Waals surface area contributed by atoms with E-state index in [2.05, 4.69) is 31.3 Å². The number of aryl methyl sites for hydroxylation is 2. The van der Waals surface area contributed by atoms with Gasteiger partial charge in [0.05, 0.1) is 11.4 Å². The van der Waals surface area contributed by atoms with Gasteiger partial charge >= 0.3 is 0 Å². The van der Waals surface area contributed by atoms with Gasteiger partial charge in [-0.2, -0.15) is 0 Å². The lowest BCUT2D eigenvalue weighted by Gasteiger charge is -2.35. The van der Waals surface area contributed by atoms with Crippen LogP contribution in [0, 0.1) is 13.8 Å². The van der Waals surface area contributed by atoms with Gasteiger partial charge in [-0.3, -0.25) is 4.79 Å². The molecule has 0 saturated carbocycles. The molecule has 0 spiro atoms. The number of rotatable bonds is 2. The van der Waals surface area contributed by atoms with Crippen LogP contribution in [-0.4, -0.2) is 18.5 Å². The summed E-state index contributed by atoms with van der Waals surface area (Å²) in [6, 6.07) is 4.16. The molecule has 1 N–H and O–H groups in total. The molecule has 1 aliphatic heterocycles. The van der Waals surface area contributed by atoms with Crippen LogP contribution in [0.5, 0.6) is 0 Å². The molecule has 1 atom stereocenters. The topological polar surface area (TPSA) is 32.3 Å². The van der Waals surface area contributed by atoms with E-state index in [9.17, 15) is 4.79 Å². The van der Waals surface area contributed by atoms with Crippen molar-refractivity contribution in [2.75, 3.05) is 16.8 Å². The average molecular weight is 232 g/mol. The SMILES string of the molecule is CCC1Nc2cc(C)c(C)cc2N(CC)C1=O. The molecule has 0 saturated heterocycles. The standard InChI is InChI=1S/C14H20N2O/c1-5-11-14(17)16(6-2)13-8-10(4)9(3)7-12(13)15-11/h7-8,11,15H,5-6H2,1-4H3. The zero-order chi connectivity index (χ0) is 12.6. The van der Waals surface area contributed by atoms with Gasteiger partial charge in [0.25, 0.3) is 0 Å².